The normalized spacial score (nSPS) is 11.5. The first-order valence-corrected chi connectivity index (χ1v) is 9.97. The molecule has 1 amide bonds. The lowest BCUT2D eigenvalue weighted by molar-refractivity contribution is -0.116. The third-order valence-electron chi connectivity index (χ3n) is 4.23. The zero-order valence-electron chi connectivity index (χ0n) is 14.4. The Morgan fingerprint density at radius 2 is 1.86 bits per heavy atom. The summed E-state index contributed by atoms with van der Waals surface area (Å²) >= 11 is 6.82. The van der Waals surface area contributed by atoms with Gasteiger partial charge in [0.15, 0.2) is 5.69 Å². The summed E-state index contributed by atoms with van der Waals surface area (Å²) in [6.07, 6.45) is 0. The first kappa shape index (κ1) is 18.6. The van der Waals surface area contributed by atoms with E-state index in [-0.39, 0.29) is 18.1 Å². The minimum Gasteiger partial charge on any atom is -0.493 e. The molecule has 0 spiro atoms. The van der Waals surface area contributed by atoms with Gasteiger partial charge in [-0.15, -0.1) is 10.2 Å². The van der Waals surface area contributed by atoms with Crippen LogP contribution in [0.4, 0.5) is 11.4 Å². The number of hydrogen-bond donors (Lipinski definition) is 3. The molecule has 0 unspecified atom stereocenters. The summed E-state index contributed by atoms with van der Waals surface area (Å²) in [4.78, 5) is 15.0. The summed E-state index contributed by atoms with van der Waals surface area (Å²) in [5.74, 6) is -0.594. The number of amides is 1. The van der Waals surface area contributed by atoms with Gasteiger partial charge < -0.3 is 15.4 Å². The Balaban J connectivity index is 1.49. The summed E-state index contributed by atoms with van der Waals surface area (Å²) in [5, 5.41) is 23.7. The molecule has 4 aromatic rings. The fourth-order valence-electron chi connectivity index (χ4n) is 2.91. The topological polar surface area (TPSA) is 89.8 Å². The van der Waals surface area contributed by atoms with E-state index in [9.17, 15) is 9.90 Å². The standard InChI is InChI=1S/C20H14Br2N4O2/c21-13-8-15-18(16(22)9-13)24-20(28)19(15)26-25-17(27)10-23-14-6-5-11-3-1-2-4-12(11)7-14/h1-9,23-24,28H,10H2. The van der Waals surface area contributed by atoms with Crippen molar-refractivity contribution >= 4 is 70.8 Å². The number of benzene rings is 3. The average Bonchev–Trinajstić information content (AvgIpc) is 3.00. The highest BCUT2D eigenvalue weighted by Gasteiger charge is 2.14. The first-order valence-electron chi connectivity index (χ1n) is 8.38. The molecule has 3 aromatic carbocycles. The number of aromatic hydroxyl groups is 1. The summed E-state index contributed by atoms with van der Waals surface area (Å²) in [7, 11) is 0. The number of nitrogens with one attached hydrogen (secondary N) is 2. The highest BCUT2D eigenvalue weighted by Crippen LogP contribution is 2.40. The number of H-pyrrole nitrogens is 1. The quantitative estimate of drug-likeness (QED) is 0.287. The van der Waals surface area contributed by atoms with Crippen molar-refractivity contribution in [2.75, 3.05) is 11.9 Å². The van der Waals surface area contributed by atoms with E-state index in [1.165, 1.54) is 0 Å². The smallest absolute Gasteiger partial charge is 0.283 e. The second-order valence-electron chi connectivity index (χ2n) is 6.14. The summed E-state index contributed by atoms with van der Waals surface area (Å²) in [6.45, 7) is -0.00164. The van der Waals surface area contributed by atoms with Crippen molar-refractivity contribution in [3.63, 3.8) is 0 Å². The van der Waals surface area contributed by atoms with Gasteiger partial charge in [0.2, 0.25) is 5.88 Å². The molecule has 6 nitrogen and oxygen atoms in total. The van der Waals surface area contributed by atoms with Crippen LogP contribution in [-0.2, 0) is 4.79 Å². The van der Waals surface area contributed by atoms with Gasteiger partial charge in [0.1, 0.15) is 0 Å². The number of anilines is 1. The zero-order valence-corrected chi connectivity index (χ0v) is 17.6. The Bertz CT molecular complexity index is 1230. The van der Waals surface area contributed by atoms with E-state index >= 15 is 0 Å². The highest BCUT2D eigenvalue weighted by molar-refractivity contribution is 9.11. The largest absolute Gasteiger partial charge is 0.493 e. The maximum Gasteiger partial charge on any atom is 0.283 e. The van der Waals surface area contributed by atoms with E-state index in [1.807, 2.05) is 48.5 Å². The summed E-state index contributed by atoms with van der Waals surface area (Å²) in [5.41, 5.74) is 1.72. The second kappa shape index (κ2) is 7.73. The lowest BCUT2D eigenvalue weighted by atomic mass is 10.1. The summed E-state index contributed by atoms with van der Waals surface area (Å²) < 4.78 is 1.57. The van der Waals surface area contributed by atoms with E-state index in [0.29, 0.717) is 10.9 Å². The van der Waals surface area contributed by atoms with Crippen LogP contribution in [0.5, 0.6) is 5.88 Å². The molecule has 1 aromatic heterocycles. The van der Waals surface area contributed by atoms with Gasteiger partial charge in [-0.3, -0.25) is 4.79 Å². The van der Waals surface area contributed by atoms with Crippen molar-refractivity contribution in [1.82, 2.24) is 4.98 Å². The molecular weight excluding hydrogens is 488 g/mol. The molecule has 8 heteroatoms. The molecule has 0 atom stereocenters. The highest BCUT2D eigenvalue weighted by atomic mass is 79.9. The zero-order chi connectivity index (χ0) is 19.7. The monoisotopic (exact) mass is 500 g/mol. The molecule has 140 valence electrons. The molecule has 0 aliphatic carbocycles. The molecule has 0 bridgehead atoms. The van der Waals surface area contributed by atoms with Crippen LogP contribution < -0.4 is 5.32 Å². The molecular formula is C20H14Br2N4O2. The number of nitrogens with zero attached hydrogens (tertiary/aromatic N) is 2. The van der Waals surface area contributed by atoms with Crippen LogP contribution in [0.2, 0.25) is 0 Å². The number of hydrogen-bond acceptors (Lipinski definition) is 4. The molecule has 3 N–H and O–H groups in total. The molecule has 0 saturated carbocycles. The van der Waals surface area contributed by atoms with E-state index in [1.54, 1.807) is 6.07 Å². The Kier molecular flexibility index (Phi) is 5.15. The number of carbonyl (C=O) groups is 1. The Labute approximate surface area is 176 Å². The first-order chi connectivity index (χ1) is 13.5. The molecule has 0 aliphatic rings. The predicted octanol–water partition coefficient (Wildman–Crippen LogP) is 6.27. The number of halogens is 2. The van der Waals surface area contributed by atoms with Gasteiger partial charge in [0.05, 0.1) is 12.1 Å². The maximum atomic E-state index is 12.1. The SMILES string of the molecule is O=C(CNc1ccc2ccccc2c1)N=Nc1c(O)[nH]c2c(Br)cc(Br)cc12. The van der Waals surface area contributed by atoms with Crippen LogP contribution in [-0.4, -0.2) is 22.5 Å². The van der Waals surface area contributed by atoms with Crippen LogP contribution >= 0.6 is 31.9 Å². The number of aromatic amines is 1. The van der Waals surface area contributed by atoms with Gasteiger partial charge in [0.25, 0.3) is 5.91 Å². The fourth-order valence-corrected chi connectivity index (χ4v) is 4.24. The van der Waals surface area contributed by atoms with Gasteiger partial charge in [-0.1, -0.05) is 46.3 Å². The molecule has 0 radical (unpaired) electrons. The van der Waals surface area contributed by atoms with Crippen LogP contribution in [0.1, 0.15) is 0 Å². The number of aromatic nitrogens is 1. The third kappa shape index (κ3) is 3.79. The van der Waals surface area contributed by atoms with Crippen molar-refractivity contribution in [2.45, 2.75) is 0 Å². The van der Waals surface area contributed by atoms with E-state index in [0.717, 1.165) is 25.4 Å². The number of azo groups is 1. The second-order valence-corrected chi connectivity index (χ2v) is 7.91. The minimum absolute atomic E-state index is 0.00164. The van der Waals surface area contributed by atoms with Crippen molar-refractivity contribution in [1.29, 1.82) is 0 Å². The predicted molar refractivity (Wildman–Crippen MR) is 117 cm³/mol. The van der Waals surface area contributed by atoms with Gasteiger partial charge in [-0.05, 0) is 51.0 Å². The average molecular weight is 502 g/mol. The van der Waals surface area contributed by atoms with Crippen LogP contribution in [0.3, 0.4) is 0 Å². The molecule has 4 rings (SSSR count). The summed E-state index contributed by atoms with van der Waals surface area (Å²) in [6, 6.07) is 17.5. The molecule has 0 aliphatic heterocycles. The lowest BCUT2D eigenvalue weighted by Crippen LogP contribution is -2.10. The molecule has 0 saturated heterocycles. The van der Waals surface area contributed by atoms with Crippen molar-refractivity contribution in [3.05, 3.63) is 63.5 Å². The van der Waals surface area contributed by atoms with E-state index < -0.39 is 5.91 Å². The van der Waals surface area contributed by atoms with Crippen LogP contribution in [0.25, 0.3) is 21.7 Å². The van der Waals surface area contributed by atoms with Gasteiger partial charge in [-0.2, -0.15) is 0 Å². The van der Waals surface area contributed by atoms with Crippen LogP contribution in [0.15, 0.2) is 73.8 Å². The van der Waals surface area contributed by atoms with Gasteiger partial charge >= 0.3 is 0 Å². The van der Waals surface area contributed by atoms with Crippen LogP contribution in [0, 0.1) is 0 Å². The third-order valence-corrected chi connectivity index (χ3v) is 5.32. The van der Waals surface area contributed by atoms with E-state index in [4.69, 9.17) is 0 Å². The molecule has 1 heterocycles. The number of rotatable bonds is 4. The number of carbonyl (C=O) groups excluding carboxylic acids is 1. The lowest BCUT2D eigenvalue weighted by Gasteiger charge is -2.05. The van der Waals surface area contributed by atoms with Crippen molar-refractivity contribution < 1.29 is 9.90 Å². The number of fused-ring (bicyclic) bond motifs is 2. The van der Waals surface area contributed by atoms with Crippen molar-refractivity contribution in [3.8, 4) is 5.88 Å². The van der Waals surface area contributed by atoms with Crippen molar-refractivity contribution in [2.24, 2.45) is 10.2 Å². The molecule has 0 fully saturated rings. The minimum atomic E-state index is -0.448. The molecule has 28 heavy (non-hydrogen) atoms. The Morgan fingerprint density at radius 1 is 1.07 bits per heavy atom. The van der Waals surface area contributed by atoms with E-state index in [2.05, 4.69) is 52.4 Å². The van der Waals surface area contributed by atoms with Gasteiger partial charge in [0, 0.05) is 20.0 Å². The van der Waals surface area contributed by atoms with Gasteiger partial charge in [-0.25, -0.2) is 0 Å². The Morgan fingerprint density at radius 3 is 2.68 bits per heavy atom. The fraction of sp³-hybridized carbons (Fsp3) is 0.0500. The maximum absolute atomic E-state index is 12.1. The Hall–Kier alpha value is -2.71.